The van der Waals surface area contributed by atoms with E-state index < -0.39 is 0 Å². The number of methoxy groups -OCH3 is 1. The van der Waals surface area contributed by atoms with Gasteiger partial charge in [-0.25, -0.2) is 4.98 Å². The molecule has 1 heterocycles. The molecule has 2 N–H and O–H groups in total. The Hall–Kier alpha value is -1.55. The average molecular weight is 233 g/mol. The zero-order valence-corrected chi connectivity index (χ0v) is 10.6. The number of imidazole rings is 1. The topological polar surface area (TPSA) is 49.9 Å². The number of ether oxygens (including phenoxy) is 1. The van der Waals surface area contributed by atoms with Crippen molar-refractivity contribution in [2.24, 2.45) is 0 Å². The third kappa shape index (κ3) is 2.97. The number of aromatic amines is 1. The molecule has 0 radical (unpaired) electrons. The Bertz CT molecular complexity index is 490. The number of nitrogens with zero attached hydrogens (tertiary/aromatic N) is 1. The molecule has 17 heavy (non-hydrogen) atoms. The number of hydrogen-bond donors (Lipinski definition) is 2. The minimum Gasteiger partial charge on any atom is -0.497 e. The molecular formula is C13H19N3O. The van der Waals surface area contributed by atoms with E-state index in [1.807, 2.05) is 18.2 Å². The summed E-state index contributed by atoms with van der Waals surface area (Å²) in [5.41, 5.74) is 2.02. The Balaban J connectivity index is 2.09. The highest BCUT2D eigenvalue weighted by atomic mass is 16.5. The van der Waals surface area contributed by atoms with Gasteiger partial charge in [-0.05, 0) is 12.1 Å². The van der Waals surface area contributed by atoms with Crippen molar-refractivity contribution in [3.05, 3.63) is 24.0 Å². The molecule has 0 bridgehead atoms. The van der Waals surface area contributed by atoms with Crippen LogP contribution in [-0.2, 0) is 6.42 Å². The molecule has 0 saturated carbocycles. The molecule has 2 rings (SSSR count). The maximum absolute atomic E-state index is 5.18. The summed E-state index contributed by atoms with van der Waals surface area (Å²) in [6.07, 6.45) is 0.912. The van der Waals surface area contributed by atoms with Gasteiger partial charge in [0.25, 0.3) is 0 Å². The molecular weight excluding hydrogens is 214 g/mol. The van der Waals surface area contributed by atoms with E-state index in [2.05, 4.69) is 29.1 Å². The third-order valence-electron chi connectivity index (χ3n) is 2.65. The summed E-state index contributed by atoms with van der Waals surface area (Å²) in [7, 11) is 1.67. The summed E-state index contributed by atoms with van der Waals surface area (Å²) in [6.45, 7) is 5.22. The van der Waals surface area contributed by atoms with Crippen LogP contribution in [0, 0.1) is 0 Å². The van der Waals surface area contributed by atoms with Gasteiger partial charge in [-0.3, -0.25) is 0 Å². The second kappa shape index (κ2) is 5.19. The number of rotatable bonds is 5. The van der Waals surface area contributed by atoms with E-state index >= 15 is 0 Å². The molecule has 0 fully saturated rings. The van der Waals surface area contributed by atoms with Gasteiger partial charge in [-0.1, -0.05) is 13.8 Å². The van der Waals surface area contributed by atoms with Crippen LogP contribution in [0.1, 0.15) is 19.7 Å². The summed E-state index contributed by atoms with van der Waals surface area (Å²) < 4.78 is 5.18. The van der Waals surface area contributed by atoms with Crippen molar-refractivity contribution in [1.82, 2.24) is 15.3 Å². The third-order valence-corrected chi connectivity index (χ3v) is 2.65. The Morgan fingerprint density at radius 3 is 2.94 bits per heavy atom. The lowest BCUT2D eigenvalue weighted by molar-refractivity contribution is 0.415. The molecule has 1 aromatic carbocycles. The lowest BCUT2D eigenvalue weighted by Crippen LogP contribution is -2.25. The van der Waals surface area contributed by atoms with E-state index in [1.165, 1.54) is 0 Å². The van der Waals surface area contributed by atoms with Crippen LogP contribution in [0.2, 0.25) is 0 Å². The van der Waals surface area contributed by atoms with E-state index in [4.69, 9.17) is 4.74 Å². The van der Waals surface area contributed by atoms with Crippen molar-refractivity contribution < 1.29 is 4.74 Å². The monoisotopic (exact) mass is 233 g/mol. The zero-order chi connectivity index (χ0) is 12.3. The van der Waals surface area contributed by atoms with Gasteiger partial charge in [-0.2, -0.15) is 0 Å². The molecule has 0 spiro atoms. The summed E-state index contributed by atoms with van der Waals surface area (Å²) in [4.78, 5) is 7.85. The first kappa shape index (κ1) is 11.9. The van der Waals surface area contributed by atoms with Gasteiger partial charge in [-0.15, -0.1) is 0 Å². The molecule has 0 aliphatic heterocycles. The van der Waals surface area contributed by atoms with Crippen LogP contribution in [0.4, 0.5) is 0 Å². The maximum Gasteiger partial charge on any atom is 0.121 e. The van der Waals surface area contributed by atoms with Gasteiger partial charge < -0.3 is 15.0 Å². The molecule has 92 valence electrons. The van der Waals surface area contributed by atoms with E-state index in [1.54, 1.807) is 7.11 Å². The van der Waals surface area contributed by atoms with Crippen LogP contribution in [0.3, 0.4) is 0 Å². The number of benzene rings is 1. The maximum atomic E-state index is 5.18. The highest BCUT2D eigenvalue weighted by Gasteiger charge is 2.04. The number of hydrogen-bond acceptors (Lipinski definition) is 3. The van der Waals surface area contributed by atoms with Crippen molar-refractivity contribution >= 4 is 11.0 Å². The normalized spacial score (nSPS) is 11.3. The quantitative estimate of drug-likeness (QED) is 0.831. The highest BCUT2D eigenvalue weighted by Crippen LogP contribution is 2.18. The number of fused-ring (bicyclic) bond motifs is 1. The summed E-state index contributed by atoms with van der Waals surface area (Å²) in [5, 5.41) is 3.38. The van der Waals surface area contributed by atoms with Gasteiger partial charge in [0.05, 0.1) is 18.1 Å². The van der Waals surface area contributed by atoms with Gasteiger partial charge in [0.15, 0.2) is 0 Å². The van der Waals surface area contributed by atoms with Crippen molar-refractivity contribution in [2.75, 3.05) is 13.7 Å². The number of aromatic nitrogens is 2. The summed E-state index contributed by atoms with van der Waals surface area (Å²) in [5.74, 6) is 1.87. The number of nitrogens with one attached hydrogen (secondary N) is 2. The highest BCUT2D eigenvalue weighted by molar-refractivity contribution is 5.76. The van der Waals surface area contributed by atoms with Crippen LogP contribution in [0.25, 0.3) is 11.0 Å². The molecule has 0 saturated heterocycles. The Morgan fingerprint density at radius 2 is 2.24 bits per heavy atom. The summed E-state index contributed by atoms with van der Waals surface area (Å²) >= 11 is 0. The lowest BCUT2D eigenvalue weighted by atomic mass is 10.3. The Kier molecular flexibility index (Phi) is 3.64. The van der Waals surface area contributed by atoms with Gasteiger partial charge in [0.2, 0.25) is 0 Å². The van der Waals surface area contributed by atoms with E-state index in [9.17, 15) is 0 Å². The predicted octanol–water partition coefficient (Wildman–Crippen LogP) is 2.11. The molecule has 2 aromatic rings. The van der Waals surface area contributed by atoms with Crippen LogP contribution in [0.15, 0.2) is 18.2 Å². The van der Waals surface area contributed by atoms with Crippen molar-refractivity contribution in [3.63, 3.8) is 0 Å². The van der Waals surface area contributed by atoms with Crippen LogP contribution >= 0.6 is 0 Å². The molecule has 1 aromatic heterocycles. The number of H-pyrrole nitrogens is 1. The molecule has 0 atom stereocenters. The van der Waals surface area contributed by atoms with Gasteiger partial charge in [0.1, 0.15) is 11.6 Å². The fourth-order valence-corrected chi connectivity index (χ4v) is 1.77. The first-order chi connectivity index (χ1) is 8.19. The molecule has 0 amide bonds. The van der Waals surface area contributed by atoms with Crippen molar-refractivity contribution in [2.45, 2.75) is 26.3 Å². The first-order valence-electron chi connectivity index (χ1n) is 5.95. The fourth-order valence-electron chi connectivity index (χ4n) is 1.77. The zero-order valence-electron chi connectivity index (χ0n) is 10.6. The van der Waals surface area contributed by atoms with Crippen LogP contribution in [-0.4, -0.2) is 29.7 Å². The summed E-state index contributed by atoms with van der Waals surface area (Å²) in [6, 6.07) is 6.39. The molecule has 0 aliphatic rings. The van der Waals surface area contributed by atoms with Crippen LogP contribution < -0.4 is 10.1 Å². The van der Waals surface area contributed by atoms with Gasteiger partial charge in [0, 0.05) is 25.1 Å². The average Bonchev–Trinajstić information content (AvgIpc) is 2.69. The Morgan fingerprint density at radius 1 is 1.41 bits per heavy atom. The van der Waals surface area contributed by atoms with E-state index in [0.717, 1.165) is 35.6 Å². The van der Waals surface area contributed by atoms with Crippen molar-refractivity contribution in [1.29, 1.82) is 0 Å². The van der Waals surface area contributed by atoms with Crippen LogP contribution in [0.5, 0.6) is 5.75 Å². The largest absolute Gasteiger partial charge is 0.497 e. The molecule has 0 aliphatic carbocycles. The standard InChI is InChI=1S/C13H19N3O/c1-9(2)14-7-6-13-15-11-5-4-10(17-3)8-12(11)16-13/h4-5,8-9,14H,6-7H2,1-3H3,(H,15,16). The fraction of sp³-hybridized carbons (Fsp3) is 0.462. The Labute approximate surface area is 101 Å². The second-order valence-electron chi connectivity index (χ2n) is 4.43. The molecule has 0 unspecified atom stereocenters. The lowest BCUT2D eigenvalue weighted by Gasteiger charge is -2.05. The van der Waals surface area contributed by atoms with E-state index in [-0.39, 0.29) is 0 Å². The molecule has 4 nitrogen and oxygen atoms in total. The minimum absolute atomic E-state index is 0.513. The van der Waals surface area contributed by atoms with Crippen molar-refractivity contribution in [3.8, 4) is 5.75 Å². The first-order valence-corrected chi connectivity index (χ1v) is 5.95. The SMILES string of the molecule is COc1ccc2nc(CCNC(C)C)[nH]c2c1. The second-order valence-corrected chi connectivity index (χ2v) is 4.43. The smallest absolute Gasteiger partial charge is 0.121 e. The minimum atomic E-state index is 0.513. The van der Waals surface area contributed by atoms with Gasteiger partial charge >= 0.3 is 0 Å². The molecule has 4 heteroatoms. The van der Waals surface area contributed by atoms with E-state index in [0.29, 0.717) is 6.04 Å². The predicted molar refractivity (Wildman–Crippen MR) is 69.5 cm³/mol.